The zero-order valence-corrected chi connectivity index (χ0v) is 9.63. The zero-order chi connectivity index (χ0) is 12.4. The van der Waals surface area contributed by atoms with Gasteiger partial charge in [-0.05, 0) is 35.4 Å². The number of nitrogens with zero attached hydrogens (tertiary/aromatic N) is 4. The summed E-state index contributed by atoms with van der Waals surface area (Å²) in [6.07, 6.45) is -0.604. The minimum atomic E-state index is -0.824. The van der Waals surface area contributed by atoms with Gasteiger partial charge >= 0.3 is 0 Å². The van der Waals surface area contributed by atoms with Gasteiger partial charge in [0.25, 0.3) is 0 Å². The topological polar surface area (TPSA) is 63.8 Å². The molecule has 90 valence electrons. The average molecular weight is 236 g/mol. The molecule has 17 heavy (non-hydrogen) atoms. The SMILES string of the molecule is Cc1ccc(F)cc1C(O)Cc1nnn(C)n1. The molecule has 0 fully saturated rings. The lowest BCUT2D eigenvalue weighted by molar-refractivity contribution is 0.174. The Morgan fingerprint density at radius 3 is 2.88 bits per heavy atom. The maximum absolute atomic E-state index is 13.1. The van der Waals surface area contributed by atoms with Gasteiger partial charge in [0.15, 0.2) is 5.82 Å². The summed E-state index contributed by atoms with van der Waals surface area (Å²) in [5.74, 6) is 0.0698. The summed E-state index contributed by atoms with van der Waals surface area (Å²) in [5.41, 5.74) is 1.39. The van der Waals surface area contributed by atoms with Crippen molar-refractivity contribution < 1.29 is 9.50 Å². The van der Waals surface area contributed by atoms with E-state index in [1.165, 1.54) is 16.9 Å². The Kier molecular flexibility index (Phi) is 3.14. The molecule has 1 atom stereocenters. The first kappa shape index (κ1) is 11.7. The summed E-state index contributed by atoms with van der Waals surface area (Å²) in [6.45, 7) is 1.82. The standard InChI is InChI=1S/C11H13FN4O/c1-7-3-4-8(12)5-9(7)10(17)6-11-13-15-16(2)14-11/h3-5,10,17H,6H2,1-2H3. The van der Waals surface area contributed by atoms with E-state index in [4.69, 9.17) is 0 Å². The molecule has 2 aromatic rings. The van der Waals surface area contributed by atoms with Gasteiger partial charge in [0.1, 0.15) is 5.82 Å². The summed E-state index contributed by atoms with van der Waals surface area (Å²) < 4.78 is 13.1. The van der Waals surface area contributed by atoms with Crippen LogP contribution in [0.15, 0.2) is 18.2 Å². The average Bonchev–Trinajstić information content (AvgIpc) is 2.67. The van der Waals surface area contributed by atoms with Gasteiger partial charge in [-0.25, -0.2) is 4.39 Å². The van der Waals surface area contributed by atoms with Gasteiger partial charge in [0.05, 0.1) is 13.2 Å². The van der Waals surface area contributed by atoms with Crippen LogP contribution in [0.5, 0.6) is 0 Å². The number of aliphatic hydroxyl groups excluding tert-OH is 1. The molecule has 0 radical (unpaired) electrons. The maximum Gasteiger partial charge on any atom is 0.177 e. The van der Waals surface area contributed by atoms with Crippen LogP contribution in [0.4, 0.5) is 4.39 Å². The highest BCUT2D eigenvalue weighted by Crippen LogP contribution is 2.21. The third-order valence-corrected chi connectivity index (χ3v) is 2.53. The van der Waals surface area contributed by atoms with Crippen molar-refractivity contribution >= 4 is 0 Å². The van der Waals surface area contributed by atoms with Crippen molar-refractivity contribution in [3.63, 3.8) is 0 Å². The molecule has 0 saturated carbocycles. The van der Waals surface area contributed by atoms with Crippen molar-refractivity contribution in [2.75, 3.05) is 0 Å². The van der Waals surface area contributed by atoms with E-state index in [-0.39, 0.29) is 12.2 Å². The smallest absolute Gasteiger partial charge is 0.177 e. The first-order valence-electron chi connectivity index (χ1n) is 5.23. The van der Waals surface area contributed by atoms with E-state index in [1.54, 1.807) is 13.1 Å². The zero-order valence-electron chi connectivity index (χ0n) is 9.63. The van der Waals surface area contributed by atoms with Crippen LogP contribution in [0.1, 0.15) is 23.1 Å². The Balaban J connectivity index is 2.19. The largest absolute Gasteiger partial charge is 0.388 e. The van der Waals surface area contributed by atoms with Crippen molar-refractivity contribution in [1.29, 1.82) is 0 Å². The van der Waals surface area contributed by atoms with Crippen LogP contribution < -0.4 is 0 Å². The van der Waals surface area contributed by atoms with E-state index >= 15 is 0 Å². The quantitative estimate of drug-likeness (QED) is 0.861. The normalized spacial score (nSPS) is 12.7. The fourth-order valence-electron chi connectivity index (χ4n) is 1.66. The van der Waals surface area contributed by atoms with Crippen LogP contribution in [-0.2, 0) is 13.5 Å². The molecule has 1 heterocycles. The Morgan fingerprint density at radius 2 is 2.24 bits per heavy atom. The van der Waals surface area contributed by atoms with E-state index in [9.17, 15) is 9.50 Å². The number of halogens is 1. The Bertz CT molecular complexity index is 526. The van der Waals surface area contributed by atoms with Crippen molar-refractivity contribution in [1.82, 2.24) is 20.2 Å². The third kappa shape index (κ3) is 2.65. The molecule has 0 spiro atoms. The number of aromatic nitrogens is 4. The number of aryl methyl sites for hydroxylation is 2. The van der Waals surface area contributed by atoms with Gasteiger partial charge < -0.3 is 5.11 Å². The van der Waals surface area contributed by atoms with Gasteiger partial charge in [0.2, 0.25) is 0 Å². The van der Waals surface area contributed by atoms with Crippen LogP contribution in [0.3, 0.4) is 0 Å². The second kappa shape index (κ2) is 4.58. The van der Waals surface area contributed by atoms with Crippen molar-refractivity contribution in [2.24, 2.45) is 7.05 Å². The van der Waals surface area contributed by atoms with Crippen molar-refractivity contribution in [2.45, 2.75) is 19.4 Å². The number of aliphatic hydroxyl groups is 1. The Hall–Kier alpha value is -1.82. The fraction of sp³-hybridized carbons (Fsp3) is 0.364. The highest BCUT2D eigenvalue weighted by atomic mass is 19.1. The fourth-order valence-corrected chi connectivity index (χ4v) is 1.66. The Labute approximate surface area is 97.9 Å². The number of hydrogen-bond acceptors (Lipinski definition) is 4. The number of tetrazole rings is 1. The molecule has 1 aromatic heterocycles. The van der Waals surface area contributed by atoms with E-state index in [1.807, 2.05) is 6.92 Å². The third-order valence-electron chi connectivity index (χ3n) is 2.53. The molecule has 1 aromatic carbocycles. The second-order valence-corrected chi connectivity index (χ2v) is 3.92. The second-order valence-electron chi connectivity index (χ2n) is 3.92. The molecule has 0 bridgehead atoms. The minimum absolute atomic E-state index is 0.220. The lowest BCUT2D eigenvalue weighted by Crippen LogP contribution is -2.06. The van der Waals surface area contributed by atoms with Gasteiger partial charge in [-0.3, -0.25) is 0 Å². The predicted octanol–water partition coefficient (Wildman–Crippen LogP) is 0.934. The monoisotopic (exact) mass is 236 g/mol. The van der Waals surface area contributed by atoms with Gasteiger partial charge in [0, 0.05) is 6.42 Å². The first-order chi connectivity index (χ1) is 8.06. The van der Waals surface area contributed by atoms with Crippen LogP contribution in [0.25, 0.3) is 0 Å². The van der Waals surface area contributed by atoms with Crippen molar-refractivity contribution in [3.05, 3.63) is 41.0 Å². The van der Waals surface area contributed by atoms with Crippen LogP contribution >= 0.6 is 0 Å². The van der Waals surface area contributed by atoms with E-state index < -0.39 is 6.10 Å². The van der Waals surface area contributed by atoms with Gasteiger partial charge in [-0.1, -0.05) is 6.07 Å². The molecule has 6 heteroatoms. The minimum Gasteiger partial charge on any atom is -0.388 e. The summed E-state index contributed by atoms with van der Waals surface area (Å²) >= 11 is 0. The van der Waals surface area contributed by atoms with Crippen LogP contribution in [0, 0.1) is 12.7 Å². The molecule has 0 saturated heterocycles. The number of hydrogen-bond donors (Lipinski definition) is 1. The van der Waals surface area contributed by atoms with Gasteiger partial charge in [-0.15, -0.1) is 10.2 Å². The predicted molar refractivity (Wildman–Crippen MR) is 58.6 cm³/mol. The molecule has 1 N–H and O–H groups in total. The summed E-state index contributed by atoms with van der Waals surface area (Å²) in [4.78, 5) is 1.32. The van der Waals surface area contributed by atoms with Crippen LogP contribution in [-0.4, -0.2) is 25.3 Å². The maximum atomic E-state index is 13.1. The Morgan fingerprint density at radius 1 is 1.47 bits per heavy atom. The molecule has 1 unspecified atom stereocenters. The molecular formula is C11H13FN4O. The summed E-state index contributed by atoms with van der Waals surface area (Å²) in [5, 5.41) is 21.4. The summed E-state index contributed by atoms with van der Waals surface area (Å²) in [6, 6.07) is 4.33. The molecule has 0 aliphatic heterocycles. The molecule has 5 nitrogen and oxygen atoms in total. The van der Waals surface area contributed by atoms with Gasteiger partial charge in [-0.2, -0.15) is 4.80 Å². The lowest BCUT2D eigenvalue weighted by atomic mass is 10.0. The van der Waals surface area contributed by atoms with Crippen molar-refractivity contribution in [3.8, 4) is 0 Å². The first-order valence-corrected chi connectivity index (χ1v) is 5.23. The van der Waals surface area contributed by atoms with E-state index in [2.05, 4.69) is 15.4 Å². The highest BCUT2D eigenvalue weighted by molar-refractivity contribution is 5.28. The molecular weight excluding hydrogens is 223 g/mol. The van der Waals surface area contributed by atoms with E-state index in [0.29, 0.717) is 11.4 Å². The lowest BCUT2D eigenvalue weighted by Gasteiger charge is -2.11. The number of benzene rings is 1. The van der Waals surface area contributed by atoms with Crippen LogP contribution in [0.2, 0.25) is 0 Å². The number of rotatable bonds is 3. The highest BCUT2D eigenvalue weighted by Gasteiger charge is 2.14. The molecule has 0 aliphatic carbocycles. The molecule has 0 aliphatic rings. The molecule has 0 amide bonds. The van der Waals surface area contributed by atoms with E-state index in [0.717, 1.165) is 5.56 Å². The summed E-state index contributed by atoms with van der Waals surface area (Å²) in [7, 11) is 1.65. The molecule has 2 rings (SSSR count).